The fraction of sp³-hybridized carbons (Fsp3) is 0.368. The van der Waals surface area contributed by atoms with Gasteiger partial charge in [0.15, 0.2) is 9.84 Å². The number of aryl methyl sites for hydroxylation is 1. The summed E-state index contributed by atoms with van der Waals surface area (Å²) in [5.41, 5.74) is 7.58. The normalized spacial score (nSPS) is 26.3. The Morgan fingerprint density at radius 2 is 1.71 bits per heavy atom. The zero-order valence-electron chi connectivity index (χ0n) is 14.0. The zero-order valence-corrected chi connectivity index (χ0v) is 14.8. The van der Waals surface area contributed by atoms with Crippen molar-refractivity contribution in [3.05, 3.63) is 65.7 Å². The lowest BCUT2D eigenvalue weighted by Crippen LogP contribution is -2.36. The van der Waals surface area contributed by atoms with Gasteiger partial charge in [0.2, 0.25) is 0 Å². The average Bonchev–Trinajstić information content (AvgIpc) is 3.21. The molecule has 2 N–H and O–H groups in total. The van der Waals surface area contributed by atoms with Crippen molar-refractivity contribution in [2.45, 2.75) is 35.4 Å². The SMILES string of the molecule is CCOCC1(N)C(c2ccccc2)C1S(=O)(=O)c1ccc(C)cc1. The molecule has 1 aliphatic rings. The topological polar surface area (TPSA) is 69.4 Å². The van der Waals surface area contributed by atoms with Crippen LogP contribution in [0.15, 0.2) is 59.5 Å². The summed E-state index contributed by atoms with van der Waals surface area (Å²) in [6.07, 6.45) is 0. The van der Waals surface area contributed by atoms with Gasteiger partial charge < -0.3 is 10.5 Å². The molecule has 0 aromatic heterocycles. The van der Waals surface area contributed by atoms with Crippen LogP contribution in [0.2, 0.25) is 0 Å². The van der Waals surface area contributed by atoms with Gasteiger partial charge in [-0.1, -0.05) is 48.0 Å². The molecule has 5 heteroatoms. The van der Waals surface area contributed by atoms with Gasteiger partial charge >= 0.3 is 0 Å². The highest BCUT2D eigenvalue weighted by Gasteiger charge is 2.69. The first-order valence-corrected chi connectivity index (χ1v) is 9.68. The first kappa shape index (κ1) is 17.1. The van der Waals surface area contributed by atoms with E-state index in [2.05, 4.69) is 0 Å². The van der Waals surface area contributed by atoms with Crippen LogP contribution in [0.1, 0.15) is 24.0 Å². The molecule has 3 atom stereocenters. The molecule has 3 rings (SSSR count). The van der Waals surface area contributed by atoms with E-state index in [1.165, 1.54) is 0 Å². The second-order valence-electron chi connectivity index (χ2n) is 6.42. The molecule has 128 valence electrons. The Kier molecular flexibility index (Phi) is 4.51. The minimum absolute atomic E-state index is 0.235. The van der Waals surface area contributed by atoms with Crippen LogP contribution >= 0.6 is 0 Å². The number of hydrogen-bond donors (Lipinski definition) is 1. The highest BCUT2D eigenvalue weighted by molar-refractivity contribution is 7.92. The maximum absolute atomic E-state index is 13.1. The largest absolute Gasteiger partial charge is 0.380 e. The highest BCUT2D eigenvalue weighted by Crippen LogP contribution is 2.55. The predicted octanol–water partition coefficient (Wildman–Crippen LogP) is 2.67. The molecule has 0 aliphatic heterocycles. The summed E-state index contributed by atoms with van der Waals surface area (Å²) in [6, 6.07) is 16.5. The molecule has 0 heterocycles. The van der Waals surface area contributed by atoms with Gasteiger partial charge in [0.1, 0.15) is 0 Å². The first-order chi connectivity index (χ1) is 11.4. The molecule has 1 aliphatic carbocycles. The Morgan fingerprint density at radius 3 is 2.29 bits per heavy atom. The third kappa shape index (κ3) is 2.88. The third-order valence-electron chi connectivity index (χ3n) is 4.70. The molecule has 24 heavy (non-hydrogen) atoms. The van der Waals surface area contributed by atoms with Crippen molar-refractivity contribution in [1.29, 1.82) is 0 Å². The van der Waals surface area contributed by atoms with E-state index in [9.17, 15) is 8.42 Å². The average molecular weight is 345 g/mol. The number of benzene rings is 2. The molecule has 0 spiro atoms. The maximum Gasteiger partial charge on any atom is 0.183 e. The standard InChI is InChI=1S/C19H23NO3S/c1-3-23-13-19(20)17(15-7-5-4-6-8-15)18(19)24(21,22)16-11-9-14(2)10-12-16/h4-12,17-18H,3,13,20H2,1-2H3. The van der Waals surface area contributed by atoms with Crippen LogP contribution in [-0.2, 0) is 14.6 Å². The van der Waals surface area contributed by atoms with E-state index in [4.69, 9.17) is 10.5 Å². The number of sulfone groups is 1. The van der Waals surface area contributed by atoms with Gasteiger partial charge in [0, 0.05) is 12.5 Å². The van der Waals surface area contributed by atoms with E-state index < -0.39 is 20.6 Å². The van der Waals surface area contributed by atoms with Crippen LogP contribution in [-0.4, -0.2) is 32.4 Å². The minimum Gasteiger partial charge on any atom is -0.380 e. The molecule has 0 bridgehead atoms. The van der Waals surface area contributed by atoms with Gasteiger partial charge in [-0.2, -0.15) is 0 Å². The second kappa shape index (κ2) is 6.31. The minimum atomic E-state index is -3.52. The Hall–Kier alpha value is -1.69. The molecule has 0 saturated heterocycles. The van der Waals surface area contributed by atoms with Crippen molar-refractivity contribution in [3.63, 3.8) is 0 Å². The molecule has 3 unspecified atom stereocenters. The van der Waals surface area contributed by atoms with Gasteiger partial charge in [-0.25, -0.2) is 8.42 Å². The van der Waals surface area contributed by atoms with Gasteiger partial charge in [-0.3, -0.25) is 0 Å². The Bertz CT molecular complexity index is 802. The van der Waals surface area contributed by atoms with E-state index in [1.54, 1.807) is 12.1 Å². The maximum atomic E-state index is 13.1. The molecule has 0 radical (unpaired) electrons. The van der Waals surface area contributed by atoms with E-state index in [0.717, 1.165) is 11.1 Å². The van der Waals surface area contributed by atoms with Gasteiger partial charge in [-0.05, 0) is 31.5 Å². The van der Waals surface area contributed by atoms with Crippen molar-refractivity contribution in [1.82, 2.24) is 0 Å². The van der Waals surface area contributed by atoms with E-state index in [0.29, 0.717) is 11.5 Å². The van der Waals surface area contributed by atoms with Crippen molar-refractivity contribution in [2.24, 2.45) is 5.73 Å². The van der Waals surface area contributed by atoms with E-state index >= 15 is 0 Å². The number of ether oxygens (including phenoxy) is 1. The fourth-order valence-corrected chi connectivity index (χ4v) is 5.65. The summed E-state index contributed by atoms with van der Waals surface area (Å²) in [4.78, 5) is 0.322. The van der Waals surface area contributed by atoms with Crippen LogP contribution in [0.5, 0.6) is 0 Å². The van der Waals surface area contributed by atoms with Crippen LogP contribution in [0.4, 0.5) is 0 Å². The van der Waals surface area contributed by atoms with Gasteiger partial charge in [0.25, 0.3) is 0 Å². The monoisotopic (exact) mass is 345 g/mol. The van der Waals surface area contributed by atoms with Crippen LogP contribution in [0.3, 0.4) is 0 Å². The second-order valence-corrected chi connectivity index (χ2v) is 8.49. The summed E-state index contributed by atoms with van der Waals surface area (Å²) >= 11 is 0. The molecule has 1 saturated carbocycles. The lowest BCUT2D eigenvalue weighted by molar-refractivity contribution is 0.125. The molecular weight excluding hydrogens is 322 g/mol. The smallest absolute Gasteiger partial charge is 0.183 e. The summed E-state index contributed by atoms with van der Waals surface area (Å²) < 4.78 is 31.8. The highest BCUT2D eigenvalue weighted by atomic mass is 32.2. The molecule has 1 fully saturated rings. The van der Waals surface area contributed by atoms with Gasteiger partial charge in [0.05, 0.1) is 22.3 Å². The Morgan fingerprint density at radius 1 is 1.08 bits per heavy atom. The third-order valence-corrected chi connectivity index (χ3v) is 7.01. The van der Waals surface area contributed by atoms with Crippen LogP contribution < -0.4 is 5.73 Å². The lowest BCUT2D eigenvalue weighted by Gasteiger charge is -2.12. The molecule has 0 amide bonds. The van der Waals surface area contributed by atoms with Crippen molar-refractivity contribution < 1.29 is 13.2 Å². The summed E-state index contributed by atoms with van der Waals surface area (Å²) in [5, 5.41) is -0.665. The number of rotatable bonds is 6. The number of hydrogen-bond acceptors (Lipinski definition) is 4. The molecular formula is C19H23NO3S. The fourth-order valence-electron chi connectivity index (χ4n) is 3.36. The van der Waals surface area contributed by atoms with Crippen molar-refractivity contribution in [3.8, 4) is 0 Å². The summed E-state index contributed by atoms with van der Waals surface area (Å²) in [6.45, 7) is 4.56. The quantitative estimate of drug-likeness (QED) is 0.874. The van der Waals surface area contributed by atoms with E-state index in [-0.39, 0.29) is 12.5 Å². The van der Waals surface area contributed by atoms with Crippen molar-refractivity contribution >= 4 is 9.84 Å². The van der Waals surface area contributed by atoms with Crippen molar-refractivity contribution in [2.75, 3.05) is 13.2 Å². The Balaban J connectivity index is 1.99. The molecule has 2 aromatic rings. The predicted molar refractivity (Wildman–Crippen MR) is 94.7 cm³/mol. The molecule has 2 aromatic carbocycles. The Labute approximate surface area is 143 Å². The summed E-state index contributed by atoms with van der Waals surface area (Å²) in [7, 11) is -3.52. The first-order valence-electron chi connectivity index (χ1n) is 8.13. The van der Waals surface area contributed by atoms with Crippen LogP contribution in [0.25, 0.3) is 0 Å². The lowest BCUT2D eigenvalue weighted by atomic mass is 10.1. The van der Waals surface area contributed by atoms with Crippen LogP contribution in [0, 0.1) is 6.92 Å². The molecule has 4 nitrogen and oxygen atoms in total. The van der Waals surface area contributed by atoms with Gasteiger partial charge in [-0.15, -0.1) is 0 Å². The van der Waals surface area contributed by atoms with E-state index in [1.807, 2.05) is 56.3 Å². The number of nitrogens with two attached hydrogens (primary N) is 1. The zero-order chi connectivity index (χ0) is 17.4. The summed E-state index contributed by atoms with van der Waals surface area (Å²) in [5.74, 6) is -0.253.